The molecule has 0 saturated carbocycles. The number of rotatable bonds is 5. The molecule has 1 aromatic carbocycles. The van der Waals surface area contributed by atoms with E-state index in [1.807, 2.05) is 32.0 Å². The van der Waals surface area contributed by atoms with Gasteiger partial charge in [-0.05, 0) is 61.6 Å². The number of nitrogens with one attached hydrogen (secondary N) is 1. The maximum absolute atomic E-state index is 12.2. The summed E-state index contributed by atoms with van der Waals surface area (Å²) in [5, 5.41) is 12.0. The summed E-state index contributed by atoms with van der Waals surface area (Å²) < 4.78 is 10.7. The maximum Gasteiger partial charge on any atom is 0.262 e. The van der Waals surface area contributed by atoms with Gasteiger partial charge in [-0.2, -0.15) is 5.26 Å². The fourth-order valence-corrected chi connectivity index (χ4v) is 2.60. The average molecular weight is 314 g/mol. The summed E-state index contributed by atoms with van der Waals surface area (Å²) in [5.74, 6) is 0.428. The number of nitriles is 1. The highest BCUT2D eigenvalue weighted by molar-refractivity contribution is 6.01. The van der Waals surface area contributed by atoms with Crippen molar-refractivity contribution in [3.8, 4) is 11.8 Å². The van der Waals surface area contributed by atoms with Crippen molar-refractivity contribution in [2.75, 3.05) is 20.3 Å². The standard InChI is InChI=1S/C18H22N2O3/c1-12-8-17(22-3)13(2)7-14(12)9-15(10-19)18(21)20-11-16-5-4-6-23-16/h7-9,16H,4-6,11H2,1-3H3,(H,20,21)/b15-9+/t16-/m1/s1. The monoisotopic (exact) mass is 314 g/mol. The van der Waals surface area contributed by atoms with E-state index >= 15 is 0 Å². The molecule has 1 heterocycles. The molecule has 1 aliphatic rings. The number of ether oxygens (including phenoxy) is 2. The van der Waals surface area contributed by atoms with Crippen molar-refractivity contribution in [2.24, 2.45) is 0 Å². The van der Waals surface area contributed by atoms with Crippen molar-refractivity contribution < 1.29 is 14.3 Å². The van der Waals surface area contributed by atoms with Gasteiger partial charge in [-0.3, -0.25) is 4.79 Å². The van der Waals surface area contributed by atoms with Gasteiger partial charge in [0.25, 0.3) is 5.91 Å². The van der Waals surface area contributed by atoms with E-state index < -0.39 is 0 Å². The largest absolute Gasteiger partial charge is 0.496 e. The van der Waals surface area contributed by atoms with Crippen molar-refractivity contribution in [1.82, 2.24) is 5.32 Å². The highest BCUT2D eigenvalue weighted by Crippen LogP contribution is 2.24. The Balaban J connectivity index is 2.13. The van der Waals surface area contributed by atoms with Gasteiger partial charge in [-0.1, -0.05) is 0 Å². The zero-order valence-corrected chi connectivity index (χ0v) is 13.8. The molecular weight excluding hydrogens is 292 g/mol. The Kier molecular flexibility index (Phi) is 5.78. The lowest BCUT2D eigenvalue weighted by Crippen LogP contribution is -2.32. The van der Waals surface area contributed by atoms with Crippen LogP contribution >= 0.6 is 0 Å². The third-order valence-corrected chi connectivity index (χ3v) is 3.96. The molecule has 1 amide bonds. The van der Waals surface area contributed by atoms with Gasteiger partial charge in [-0.15, -0.1) is 0 Å². The lowest BCUT2D eigenvalue weighted by atomic mass is 10.0. The molecule has 122 valence electrons. The Hall–Kier alpha value is -2.32. The Bertz CT molecular complexity index is 653. The van der Waals surface area contributed by atoms with Gasteiger partial charge in [0.05, 0.1) is 13.2 Å². The molecule has 1 saturated heterocycles. The van der Waals surface area contributed by atoms with Crippen LogP contribution in [0.4, 0.5) is 0 Å². The lowest BCUT2D eigenvalue weighted by molar-refractivity contribution is -0.117. The van der Waals surface area contributed by atoms with Crippen LogP contribution < -0.4 is 10.1 Å². The molecule has 0 aromatic heterocycles. The fourth-order valence-electron chi connectivity index (χ4n) is 2.60. The molecule has 5 nitrogen and oxygen atoms in total. The Labute approximate surface area is 136 Å². The second-order valence-electron chi connectivity index (χ2n) is 5.69. The van der Waals surface area contributed by atoms with Crippen LogP contribution in [0.25, 0.3) is 6.08 Å². The number of benzene rings is 1. The Morgan fingerprint density at radius 2 is 2.26 bits per heavy atom. The molecule has 1 atom stereocenters. The van der Waals surface area contributed by atoms with Gasteiger partial charge >= 0.3 is 0 Å². The number of carbonyl (C=O) groups is 1. The van der Waals surface area contributed by atoms with Crippen LogP contribution in [-0.4, -0.2) is 32.3 Å². The number of nitrogens with zero attached hydrogens (tertiary/aromatic N) is 1. The van der Waals surface area contributed by atoms with Crippen molar-refractivity contribution in [3.63, 3.8) is 0 Å². The molecule has 1 N–H and O–H groups in total. The van der Waals surface area contributed by atoms with Crippen molar-refractivity contribution >= 4 is 12.0 Å². The van der Waals surface area contributed by atoms with Gasteiger partial charge in [0, 0.05) is 13.2 Å². The number of methoxy groups -OCH3 is 1. The smallest absolute Gasteiger partial charge is 0.262 e. The normalized spacial score (nSPS) is 17.7. The average Bonchev–Trinajstić information content (AvgIpc) is 3.06. The van der Waals surface area contributed by atoms with E-state index in [1.165, 1.54) is 0 Å². The van der Waals surface area contributed by atoms with E-state index in [0.717, 1.165) is 41.9 Å². The van der Waals surface area contributed by atoms with Crippen LogP contribution in [0.3, 0.4) is 0 Å². The lowest BCUT2D eigenvalue weighted by Gasteiger charge is -2.11. The second-order valence-corrected chi connectivity index (χ2v) is 5.69. The van der Waals surface area contributed by atoms with E-state index in [9.17, 15) is 10.1 Å². The second kappa shape index (κ2) is 7.80. The van der Waals surface area contributed by atoms with E-state index in [2.05, 4.69) is 5.32 Å². The topological polar surface area (TPSA) is 71.3 Å². The third kappa shape index (κ3) is 4.33. The van der Waals surface area contributed by atoms with Gasteiger partial charge in [0.2, 0.25) is 0 Å². The first kappa shape index (κ1) is 17.0. The molecule has 0 aliphatic carbocycles. The minimum absolute atomic E-state index is 0.0591. The predicted octanol–water partition coefficient (Wildman–Crippen LogP) is 2.51. The zero-order chi connectivity index (χ0) is 16.8. The molecule has 1 aromatic rings. The third-order valence-electron chi connectivity index (χ3n) is 3.96. The number of carbonyl (C=O) groups excluding carboxylic acids is 1. The minimum Gasteiger partial charge on any atom is -0.496 e. The van der Waals surface area contributed by atoms with Crippen LogP contribution in [0, 0.1) is 25.2 Å². The number of aryl methyl sites for hydroxylation is 2. The molecule has 0 unspecified atom stereocenters. The van der Waals surface area contributed by atoms with Crippen molar-refractivity contribution in [3.05, 3.63) is 34.4 Å². The number of hydrogen-bond donors (Lipinski definition) is 1. The number of amides is 1. The summed E-state index contributed by atoms with van der Waals surface area (Å²) >= 11 is 0. The molecule has 23 heavy (non-hydrogen) atoms. The summed E-state index contributed by atoms with van der Waals surface area (Å²) in [5.41, 5.74) is 2.84. The van der Waals surface area contributed by atoms with Crippen LogP contribution in [0.2, 0.25) is 0 Å². The highest BCUT2D eigenvalue weighted by atomic mass is 16.5. The van der Waals surface area contributed by atoms with Crippen LogP contribution in [0.15, 0.2) is 17.7 Å². The molecule has 1 fully saturated rings. The SMILES string of the molecule is COc1cc(C)c(/C=C(\C#N)C(=O)NC[C@H]2CCCO2)cc1C. The summed E-state index contributed by atoms with van der Waals surface area (Å²) in [6, 6.07) is 5.80. The van der Waals surface area contributed by atoms with Gasteiger partial charge in [0.1, 0.15) is 17.4 Å². The van der Waals surface area contributed by atoms with E-state index in [4.69, 9.17) is 9.47 Å². The molecule has 1 aliphatic heterocycles. The van der Waals surface area contributed by atoms with E-state index in [1.54, 1.807) is 13.2 Å². The van der Waals surface area contributed by atoms with E-state index in [0.29, 0.717) is 6.54 Å². The van der Waals surface area contributed by atoms with Crippen LogP contribution in [0.1, 0.15) is 29.5 Å². The molecule has 5 heteroatoms. The molecule has 2 rings (SSSR count). The quantitative estimate of drug-likeness (QED) is 0.669. The highest BCUT2D eigenvalue weighted by Gasteiger charge is 2.17. The minimum atomic E-state index is -0.365. The molecule has 0 bridgehead atoms. The fraction of sp³-hybridized carbons (Fsp3) is 0.444. The van der Waals surface area contributed by atoms with Gasteiger partial charge < -0.3 is 14.8 Å². The summed E-state index contributed by atoms with van der Waals surface area (Å²) in [6.45, 7) is 5.04. The summed E-state index contributed by atoms with van der Waals surface area (Å²) in [7, 11) is 1.62. The molecular formula is C18H22N2O3. The first-order chi connectivity index (χ1) is 11.0. The predicted molar refractivity (Wildman–Crippen MR) is 88.0 cm³/mol. The van der Waals surface area contributed by atoms with Crippen molar-refractivity contribution in [2.45, 2.75) is 32.8 Å². The first-order valence-corrected chi connectivity index (χ1v) is 7.72. The summed E-state index contributed by atoms with van der Waals surface area (Å²) in [6.07, 6.45) is 3.64. The van der Waals surface area contributed by atoms with E-state index in [-0.39, 0.29) is 17.6 Å². The molecule has 0 radical (unpaired) electrons. The van der Waals surface area contributed by atoms with Crippen LogP contribution in [0.5, 0.6) is 5.75 Å². The molecule has 0 spiro atoms. The first-order valence-electron chi connectivity index (χ1n) is 7.72. The van der Waals surface area contributed by atoms with Gasteiger partial charge in [0.15, 0.2) is 0 Å². The zero-order valence-electron chi connectivity index (χ0n) is 13.8. The van der Waals surface area contributed by atoms with Crippen LogP contribution in [-0.2, 0) is 9.53 Å². The number of hydrogen-bond acceptors (Lipinski definition) is 4. The Morgan fingerprint density at radius 3 is 2.87 bits per heavy atom. The van der Waals surface area contributed by atoms with Crippen molar-refractivity contribution in [1.29, 1.82) is 5.26 Å². The Morgan fingerprint density at radius 1 is 1.48 bits per heavy atom. The van der Waals surface area contributed by atoms with Gasteiger partial charge in [-0.25, -0.2) is 0 Å². The maximum atomic E-state index is 12.2. The summed E-state index contributed by atoms with van der Waals surface area (Å²) in [4.78, 5) is 12.2.